The first-order valence-electron chi connectivity index (χ1n) is 4.45. The van der Waals surface area contributed by atoms with Crippen LogP contribution < -0.4 is 5.73 Å². The van der Waals surface area contributed by atoms with Crippen LogP contribution in [0.1, 0.15) is 33.6 Å². The van der Waals surface area contributed by atoms with Crippen molar-refractivity contribution in [2.45, 2.75) is 39.7 Å². The van der Waals surface area contributed by atoms with Gasteiger partial charge < -0.3 is 10.5 Å². The lowest BCUT2D eigenvalue weighted by molar-refractivity contribution is 0.105. The highest BCUT2D eigenvalue weighted by molar-refractivity contribution is 7.80. The number of nitrogens with two attached hydrogens (primary N) is 1. The Morgan fingerprint density at radius 2 is 2.00 bits per heavy atom. The maximum atomic E-state index is 5.39. The van der Waals surface area contributed by atoms with E-state index in [-0.39, 0.29) is 6.10 Å². The van der Waals surface area contributed by atoms with Gasteiger partial charge in [-0.25, -0.2) is 0 Å². The summed E-state index contributed by atoms with van der Waals surface area (Å²) >= 11 is 4.77. The van der Waals surface area contributed by atoms with E-state index in [4.69, 9.17) is 22.7 Å². The van der Waals surface area contributed by atoms with Gasteiger partial charge in [0.25, 0.3) is 0 Å². The Bertz CT molecular complexity index is 136. The summed E-state index contributed by atoms with van der Waals surface area (Å²) in [6.45, 7) is 7.06. The van der Waals surface area contributed by atoms with Gasteiger partial charge in [0, 0.05) is 6.61 Å². The topological polar surface area (TPSA) is 35.2 Å². The molecule has 1 atom stereocenters. The first-order valence-corrected chi connectivity index (χ1v) is 4.85. The van der Waals surface area contributed by atoms with Gasteiger partial charge in [-0.15, -0.1) is 0 Å². The van der Waals surface area contributed by atoms with Crippen LogP contribution >= 0.6 is 12.2 Å². The average Bonchev–Trinajstić information content (AvgIpc) is 1.97. The van der Waals surface area contributed by atoms with Crippen LogP contribution in [0, 0.1) is 5.92 Å². The van der Waals surface area contributed by atoms with Gasteiger partial charge in [0.05, 0.1) is 0 Å². The monoisotopic (exact) mass is 189 g/mol. The Kier molecular flexibility index (Phi) is 6.30. The number of thiocarbonyl (C=S) groups is 1. The molecule has 1 unspecified atom stereocenters. The molecule has 0 heterocycles. The number of ether oxygens (including phenoxy) is 1. The molecule has 0 aliphatic carbocycles. The maximum absolute atomic E-state index is 5.39. The summed E-state index contributed by atoms with van der Waals surface area (Å²) in [5, 5.41) is 0. The Hall–Kier alpha value is -0.150. The van der Waals surface area contributed by atoms with Crippen molar-refractivity contribution in [2.75, 3.05) is 6.61 Å². The first-order chi connectivity index (χ1) is 5.54. The van der Waals surface area contributed by atoms with Gasteiger partial charge >= 0.3 is 0 Å². The van der Waals surface area contributed by atoms with E-state index in [0.29, 0.717) is 4.99 Å². The van der Waals surface area contributed by atoms with Crippen molar-refractivity contribution in [3.63, 3.8) is 0 Å². The van der Waals surface area contributed by atoms with Gasteiger partial charge in [0.15, 0.2) is 0 Å². The fraction of sp³-hybridized carbons (Fsp3) is 0.889. The lowest BCUT2D eigenvalue weighted by Crippen LogP contribution is -2.26. The van der Waals surface area contributed by atoms with Crippen molar-refractivity contribution in [1.82, 2.24) is 0 Å². The molecule has 0 aromatic carbocycles. The Morgan fingerprint density at radius 1 is 1.42 bits per heavy atom. The Labute approximate surface area is 80.5 Å². The van der Waals surface area contributed by atoms with E-state index in [0.717, 1.165) is 18.9 Å². The van der Waals surface area contributed by atoms with E-state index in [1.807, 2.05) is 6.92 Å². The smallest absolute Gasteiger partial charge is 0.104 e. The van der Waals surface area contributed by atoms with Crippen LogP contribution in [-0.4, -0.2) is 17.7 Å². The Balaban J connectivity index is 3.25. The number of rotatable bonds is 6. The second kappa shape index (κ2) is 6.38. The highest BCUT2D eigenvalue weighted by atomic mass is 32.1. The average molecular weight is 189 g/mol. The first kappa shape index (κ1) is 11.8. The van der Waals surface area contributed by atoms with Gasteiger partial charge in [0.1, 0.15) is 11.1 Å². The predicted molar refractivity (Wildman–Crippen MR) is 56.3 cm³/mol. The summed E-state index contributed by atoms with van der Waals surface area (Å²) in [6, 6.07) is 0. The molecule has 0 bridgehead atoms. The molecular formula is C9H19NOS. The van der Waals surface area contributed by atoms with E-state index in [2.05, 4.69) is 13.8 Å². The van der Waals surface area contributed by atoms with Crippen LogP contribution in [0.4, 0.5) is 0 Å². The Morgan fingerprint density at radius 3 is 2.42 bits per heavy atom. The second-order valence-electron chi connectivity index (χ2n) is 3.45. The molecule has 3 heteroatoms. The SMILES string of the molecule is CC(C)CCCOC(C)C(N)=S. The molecule has 0 amide bonds. The maximum Gasteiger partial charge on any atom is 0.104 e. The molecule has 0 saturated heterocycles. The van der Waals surface area contributed by atoms with E-state index in [9.17, 15) is 0 Å². The van der Waals surface area contributed by atoms with Crippen LogP contribution in [0.5, 0.6) is 0 Å². The van der Waals surface area contributed by atoms with Crippen molar-refractivity contribution in [3.8, 4) is 0 Å². The molecule has 2 nitrogen and oxygen atoms in total. The molecule has 0 radical (unpaired) electrons. The van der Waals surface area contributed by atoms with Gasteiger partial charge in [-0.05, 0) is 25.7 Å². The third kappa shape index (κ3) is 6.55. The molecule has 0 aromatic heterocycles. The minimum Gasteiger partial charge on any atom is -0.391 e. The van der Waals surface area contributed by atoms with Crippen molar-refractivity contribution >= 4 is 17.2 Å². The van der Waals surface area contributed by atoms with Crippen LogP contribution in [-0.2, 0) is 4.74 Å². The fourth-order valence-electron chi connectivity index (χ4n) is 0.834. The molecule has 72 valence electrons. The van der Waals surface area contributed by atoms with E-state index in [1.165, 1.54) is 6.42 Å². The second-order valence-corrected chi connectivity index (χ2v) is 3.92. The third-order valence-electron chi connectivity index (χ3n) is 1.69. The van der Waals surface area contributed by atoms with Crippen molar-refractivity contribution in [3.05, 3.63) is 0 Å². The summed E-state index contributed by atoms with van der Waals surface area (Å²) in [4.78, 5) is 0.444. The zero-order chi connectivity index (χ0) is 9.56. The molecule has 12 heavy (non-hydrogen) atoms. The largest absolute Gasteiger partial charge is 0.391 e. The van der Waals surface area contributed by atoms with Gasteiger partial charge in [-0.1, -0.05) is 26.1 Å². The van der Waals surface area contributed by atoms with Crippen LogP contribution in [0.3, 0.4) is 0 Å². The summed E-state index contributed by atoms with van der Waals surface area (Å²) in [5.74, 6) is 0.744. The fourth-order valence-corrected chi connectivity index (χ4v) is 0.902. The molecule has 0 aliphatic rings. The zero-order valence-electron chi connectivity index (χ0n) is 8.17. The molecule has 0 saturated carbocycles. The van der Waals surface area contributed by atoms with E-state index < -0.39 is 0 Å². The van der Waals surface area contributed by atoms with Crippen LogP contribution in [0.15, 0.2) is 0 Å². The highest BCUT2D eigenvalue weighted by Crippen LogP contribution is 2.04. The van der Waals surface area contributed by atoms with Crippen molar-refractivity contribution < 1.29 is 4.74 Å². The number of hydrogen-bond acceptors (Lipinski definition) is 2. The van der Waals surface area contributed by atoms with Gasteiger partial charge in [0.2, 0.25) is 0 Å². The molecule has 2 N–H and O–H groups in total. The predicted octanol–water partition coefficient (Wildman–Crippen LogP) is 2.11. The lowest BCUT2D eigenvalue weighted by Gasteiger charge is -2.11. The summed E-state index contributed by atoms with van der Waals surface area (Å²) in [6.07, 6.45) is 2.21. The van der Waals surface area contributed by atoms with E-state index in [1.54, 1.807) is 0 Å². The number of hydrogen-bond donors (Lipinski definition) is 1. The molecule has 0 aliphatic heterocycles. The summed E-state index contributed by atoms with van der Waals surface area (Å²) in [7, 11) is 0. The standard InChI is InChI=1S/C9H19NOS/c1-7(2)5-4-6-11-8(3)9(10)12/h7-8H,4-6H2,1-3H3,(H2,10,12). The van der Waals surface area contributed by atoms with Gasteiger partial charge in [-0.2, -0.15) is 0 Å². The molecular weight excluding hydrogens is 170 g/mol. The molecule has 0 aromatic rings. The lowest BCUT2D eigenvalue weighted by atomic mass is 10.1. The van der Waals surface area contributed by atoms with Crippen LogP contribution in [0.2, 0.25) is 0 Å². The van der Waals surface area contributed by atoms with Crippen molar-refractivity contribution in [1.29, 1.82) is 0 Å². The van der Waals surface area contributed by atoms with Crippen molar-refractivity contribution in [2.24, 2.45) is 11.7 Å². The zero-order valence-corrected chi connectivity index (χ0v) is 8.99. The highest BCUT2D eigenvalue weighted by Gasteiger charge is 2.03. The molecule has 0 fully saturated rings. The van der Waals surface area contributed by atoms with Crippen LogP contribution in [0.25, 0.3) is 0 Å². The quantitative estimate of drug-likeness (QED) is 0.513. The van der Waals surface area contributed by atoms with E-state index >= 15 is 0 Å². The third-order valence-corrected chi connectivity index (χ3v) is 2.03. The minimum atomic E-state index is -0.0767. The minimum absolute atomic E-state index is 0.0767. The van der Waals surface area contributed by atoms with Gasteiger partial charge in [-0.3, -0.25) is 0 Å². The summed E-state index contributed by atoms with van der Waals surface area (Å²) < 4.78 is 5.39. The normalized spacial score (nSPS) is 13.3. The molecule has 0 rings (SSSR count). The molecule has 0 spiro atoms. The summed E-state index contributed by atoms with van der Waals surface area (Å²) in [5.41, 5.74) is 5.38.